The van der Waals surface area contributed by atoms with Crippen LogP contribution in [0.25, 0.3) is 0 Å². The molecule has 0 bridgehead atoms. The Labute approximate surface area is 122 Å². The normalized spacial score (nSPS) is 23.1. The zero-order valence-electron chi connectivity index (χ0n) is 12.4. The zero-order valence-corrected chi connectivity index (χ0v) is 13.2. The van der Waals surface area contributed by atoms with Crippen molar-refractivity contribution in [2.24, 2.45) is 0 Å². The smallest absolute Gasteiger partial charge is 0.155 e. The van der Waals surface area contributed by atoms with Gasteiger partial charge in [0.1, 0.15) is 0 Å². The molecular weight excluding hydrogens is 270 g/mol. The highest BCUT2D eigenvalue weighted by molar-refractivity contribution is 7.92. The number of hydrogen-bond donors (Lipinski definition) is 1. The second-order valence-corrected chi connectivity index (χ2v) is 7.96. The summed E-state index contributed by atoms with van der Waals surface area (Å²) in [5, 5.41) is 2.96. The predicted molar refractivity (Wildman–Crippen MR) is 83.7 cm³/mol. The average molecular weight is 295 g/mol. The maximum atomic E-state index is 12.6. The average Bonchev–Trinajstić information content (AvgIpc) is 2.64. The van der Waals surface area contributed by atoms with E-state index in [4.69, 9.17) is 0 Å². The second-order valence-electron chi connectivity index (χ2n) is 5.62. The van der Waals surface area contributed by atoms with Crippen LogP contribution in [0.5, 0.6) is 0 Å². The number of hydrogen-bond acceptors (Lipinski definition) is 3. The minimum Gasteiger partial charge on any atom is -0.312 e. The van der Waals surface area contributed by atoms with Gasteiger partial charge >= 0.3 is 0 Å². The Morgan fingerprint density at radius 2 is 2.05 bits per heavy atom. The summed E-state index contributed by atoms with van der Waals surface area (Å²) in [6, 6.07) is 8.17. The highest BCUT2D eigenvalue weighted by Gasteiger charge is 2.35. The van der Waals surface area contributed by atoms with Crippen LogP contribution in [-0.2, 0) is 16.3 Å². The Morgan fingerprint density at radius 3 is 2.75 bits per heavy atom. The Balaban J connectivity index is 2.35. The van der Waals surface area contributed by atoms with E-state index in [-0.39, 0.29) is 11.3 Å². The number of benzene rings is 1. The van der Waals surface area contributed by atoms with Crippen LogP contribution in [0.1, 0.15) is 49.8 Å². The van der Waals surface area contributed by atoms with Crippen molar-refractivity contribution in [3.8, 4) is 0 Å². The fraction of sp³-hybridized carbons (Fsp3) is 0.625. The standard InChI is InChI=1S/C16H25NO2S/c1-3-4-12-20(18,19)15-11-7-9-13-8-5-6-10-14(13)16(15)17-2/h5-6,8,10,15-17H,3-4,7,9,11-12H2,1-2H3. The van der Waals surface area contributed by atoms with Crippen molar-refractivity contribution in [3.63, 3.8) is 0 Å². The molecule has 2 unspecified atom stereocenters. The van der Waals surface area contributed by atoms with E-state index in [1.165, 1.54) is 5.56 Å². The van der Waals surface area contributed by atoms with Gasteiger partial charge in [-0.25, -0.2) is 8.42 Å². The maximum Gasteiger partial charge on any atom is 0.155 e. The lowest BCUT2D eigenvalue weighted by Crippen LogP contribution is -2.36. The molecule has 0 fully saturated rings. The van der Waals surface area contributed by atoms with E-state index < -0.39 is 9.84 Å². The summed E-state index contributed by atoms with van der Waals surface area (Å²) in [6.45, 7) is 2.04. The lowest BCUT2D eigenvalue weighted by atomic mass is 9.99. The molecule has 0 aromatic heterocycles. The van der Waals surface area contributed by atoms with Crippen LogP contribution in [0.2, 0.25) is 0 Å². The van der Waals surface area contributed by atoms with E-state index in [9.17, 15) is 8.42 Å². The van der Waals surface area contributed by atoms with E-state index in [1.807, 2.05) is 26.1 Å². The molecule has 20 heavy (non-hydrogen) atoms. The number of rotatable bonds is 5. The van der Waals surface area contributed by atoms with Gasteiger partial charge in [0, 0.05) is 6.04 Å². The molecule has 0 radical (unpaired) electrons. The van der Waals surface area contributed by atoms with Gasteiger partial charge in [-0.1, -0.05) is 37.6 Å². The van der Waals surface area contributed by atoms with Gasteiger partial charge in [0.25, 0.3) is 0 Å². The van der Waals surface area contributed by atoms with Crippen LogP contribution < -0.4 is 5.32 Å². The van der Waals surface area contributed by atoms with Crippen LogP contribution in [0.3, 0.4) is 0 Å². The highest BCUT2D eigenvalue weighted by Crippen LogP contribution is 2.33. The molecule has 2 rings (SSSR count). The lowest BCUT2D eigenvalue weighted by Gasteiger charge is -2.26. The van der Waals surface area contributed by atoms with Crippen LogP contribution in [0, 0.1) is 0 Å². The SMILES string of the molecule is CCCCS(=O)(=O)C1CCCc2ccccc2C1NC. The van der Waals surface area contributed by atoms with Crippen molar-refractivity contribution >= 4 is 9.84 Å². The maximum absolute atomic E-state index is 12.6. The van der Waals surface area contributed by atoms with Gasteiger partial charge in [-0.2, -0.15) is 0 Å². The summed E-state index contributed by atoms with van der Waals surface area (Å²) in [7, 11) is -1.17. The quantitative estimate of drug-likeness (QED) is 0.850. The van der Waals surface area contributed by atoms with Gasteiger partial charge < -0.3 is 5.32 Å². The predicted octanol–water partition coefficient (Wildman–Crippen LogP) is 2.87. The van der Waals surface area contributed by atoms with Crippen molar-refractivity contribution in [2.45, 2.75) is 50.3 Å². The number of sulfone groups is 1. The van der Waals surface area contributed by atoms with Crippen LogP contribution >= 0.6 is 0 Å². The fourth-order valence-electron chi connectivity index (χ4n) is 3.15. The number of unbranched alkanes of at least 4 members (excludes halogenated alkanes) is 1. The summed E-state index contributed by atoms with van der Waals surface area (Å²) < 4.78 is 25.3. The van der Waals surface area contributed by atoms with Gasteiger partial charge in [0.15, 0.2) is 9.84 Å². The third kappa shape index (κ3) is 3.23. The monoisotopic (exact) mass is 295 g/mol. The molecule has 4 heteroatoms. The Bertz CT molecular complexity index is 539. The molecule has 112 valence electrons. The lowest BCUT2D eigenvalue weighted by molar-refractivity contribution is 0.500. The highest BCUT2D eigenvalue weighted by atomic mass is 32.2. The summed E-state index contributed by atoms with van der Waals surface area (Å²) in [6.07, 6.45) is 4.37. The van der Waals surface area contributed by atoms with Crippen LogP contribution in [0.15, 0.2) is 24.3 Å². The van der Waals surface area contributed by atoms with Crippen LogP contribution in [-0.4, -0.2) is 26.5 Å². The molecule has 0 aliphatic heterocycles. The molecule has 1 aromatic carbocycles. The molecule has 1 aliphatic rings. The topological polar surface area (TPSA) is 46.2 Å². The van der Waals surface area contributed by atoms with Crippen molar-refractivity contribution in [1.82, 2.24) is 5.32 Å². The third-order valence-corrected chi connectivity index (χ3v) is 6.54. The molecule has 0 saturated carbocycles. The first-order chi connectivity index (χ1) is 9.60. The first kappa shape index (κ1) is 15.5. The van der Waals surface area contributed by atoms with E-state index in [2.05, 4.69) is 17.4 Å². The largest absolute Gasteiger partial charge is 0.312 e. The van der Waals surface area contributed by atoms with E-state index in [1.54, 1.807) is 0 Å². The number of fused-ring (bicyclic) bond motifs is 1. The van der Waals surface area contributed by atoms with Crippen LogP contribution in [0.4, 0.5) is 0 Å². The molecule has 3 nitrogen and oxygen atoms in total. The van der Waals surface area contributed by atoms with E-state index >= 15 is 0 Å². The summed E-state index contributed by atoms with van der Waals surface area (Å²) in [4.78, 5) is 0. The van der Waals surface area contributed by atoms with Gasteiger partial charge in [0.2, 0.25) is 0 Å². The third-order valence-electron chi connectivity index (χ3n) is 4.25. The van der Waals surface area contributed by atoms with Crippen molar-refractivity contribution < 1.29 is 8.42 Å². The Hall–Kier alpha value is -0.870. The molecule has 0 heterocycles. The summed E-state index contributed by atoms with van der Waals surface area (Å²) >= 11 is 0. The molecule has 0 saturated heterocycles. The number of nitrogens with one attached hydrogen (secondary N) is 1. The first-order valence-corrected chi connectivity index (χ1v) is 9.28. The molecule has 0 spiro atoms. The summed E-state index contributed by atoms with van der Waals surface area (Å²) in [5.41, 5.74) is 2.46. The van der Waals surface area contributed by atoms with Crippen molar-refractivity contribution in [3.05, 3.63) is 35.4 Å². The minimum atomic E-state index is -3.04. The van der Waals surface area contributed by atoms with Gasteiger partial charge in [-0.05, 0) is 43.9 Å². The molecule has 2 atom stereocenters. The summed E-state index contributed by atoms with van der Waals surface area (Å²) in [5.74, 6) is 0.314. The fourth-order valence-corrected chi connectivity index (χ4v) is 5.37. The van der Waals surface area contributed by atoms with Crippen molar-refractivity contribution in [2.75, 3.05) is 12.8 Å². The van der Waals surface area contributed by atoms with Gasteiger partial charge in [-0.15, -0.1) is 0 Å². The number of aryl methyl sites for hydroxylation is 1. The second kappa shape index (κ2) is 6.72. The molecule has 1 aliphatic carbocycles. The Morgan fingerprint density at radius 1 is 1.30 bits per heavy atom. The first-order valence-electron chi connectivity index (χ1n) is 7.56. The van der Waals surface area contributed by atoms with E-state index in [0.29, 0.717) is 5.75 Å². The van der Waals surface area contributed by atoms with Gasteiger partial charge in [-0.3, -0.25) is 0 Å². The Kier molecular flexibility index (Phi) is 5.22. The molecule has 1 N–H and O–H groups in total. The minimum absolute atomic E-state index is 0.0736. The van der Waals surface area contributed by atoms with Crippen molar-refractivity contribution in [1.29, 1.82) is 0 Å². The molecule has 0 amide bonds. The molecule has 1 aromatic rings. The van der Waals surface area contributed by atoms with Gasteiger partial charge in [0.05, 0.1) is 11.0 Å². The molecular formula is C16H25NO2S. The van der Waals surface area contributed by atoms with E-state index in [0.717, 1.165) is 37.7 Å². The zero-order chi connectivity index (χ0) is 14.6.